The van der Waals surface area contributed by atoms with Crippen LogP contribution in [0.1, 0.15) is 0 Å². The molecule has 0 saturated heterocycles. The largest absolute Gasteiger partial charge is 0.503 e. The van der Waals surface area contributed by atoms with Crippen molar-refractivity contribution in [3.05, 3.63) is 22.7 Å². The van der Waals surface area contributed by atoms with Crippen molar-refractivity contribution in [1.29, 1.82) is 0 Å². The highest BCUT2D eigenvalue weighted by Crippen LogP contribution is 2.10. The summed E-state index contributed by atoms with van der Waals surface area (Å²) in [6.45, 7) is 0. The zero-order valence-electron chi connectivity index (χ0n) is 5.37. The maximum atomic E-state index is 10.7. The van der Waals surface area contributed by atoms with E-state index in [1.807, 2.05) is 0 Å². The van der Waals surface area contributed by atoms with Crippen LogP contribution in [0.5, 0.6) is 5.75 Å². The van der Waals surface area contributed by atoms with Gasteiger partial charge in [0, 0.05) is 0 Å². The van der Waals surface area contributed by atoms with E-state index in [-0.39, 0.29) is 5.75 Å². The van der Waals surface area contributed by atoms with Gasteiger partial charge in [0.15, 0.2) is 11.4 Å². The Labute approximate surface area is 60.3 Å². The van der Waals surface area contributed by atoms with Gasteiger partial charge in [0.1, 0.15) is 6.26 Å². The van der Waals surface area contributed by atoms with Crippen LogP contribution in [0.4, 0.5) is 0 Å². The first-order valence-electron chi connectivity index (χ1n) is 2.94. The number of rotatable bonds is 0. The van der Waals surface area contributed by atoms with Gasteiger partial charge in [-0.05, 0) is 6.07 Å². The van der Waals surface area contributed by atoms with Crippen molar-refractivity contribution in [3.8, 4) is 5.75 Å². The maximum Gasteiger partial charge on any atom is 0.291 e. The Morgan fingerprint density at radius 3 is 3.27 bits per heavy atom. The number of aromatic nitrogens is 2. The lowest BCUT2D eigenvalue weighted by Crippen LogP contribution is -2.03. The van der Waals surface area contributed by atoms with Crippen molar-refractivity contribution in [1.82, 2.24) is 10.1 Å². The Balaban J connectivity index is 2.97. The number of pyridine rings is 1. The predicted molar refractivity (Wildman–Crippen MR) is 36.3 cm³/mol. The molecule has 0 amide bonds. The summed E-state index contributed by atoms with van der Waals surface area (Å²) in [7, 11) is 0. The number of H-pyrrole nitrogens is 1. The molecule has 0 unspecified atom stereocenters. The molecule has 0 bridgehead atoms. The highest BCUT2D eigenvalue weighted by atomic mass is 16.5. The lowest BCUT2D eigenvalue weighted by atomic mass is 10.3. The summed E-state index contributed by atoms with van der Waals surface area (Å²) in [6, 6.07) is 1.30. The summed E-state index contributed by atoms with van der Waals surface area (Å²) < 4.78 is 4.54. The Kier molecular flexibility index (Phi) is 1.00. The van der Waals surface area contributed by atoms with Crippen molar-refractivity contribution in [2.45, 2.75) is 0 Å². The van der Waals surface area contributed by atoms with Crippen LogP contribution in [0.2, 0.25) is 0 Å². The molecule has 2 aromatic rings. The van der Waals surface area contributed by atoms with E-state index in [0.29, 0.717) is 11.0 Å². The first kappa shape index (κ1) is 5.96. The molecule has 0 aliphatic heterocycles. The first-order valence-corrected chi connectivity index (χ1v) is 2.94. The second-order valence-corrected chi connectivity index (χ2v) is 2.10. The van der Waals surface area contributed by atoms with Gasteiger partial charge in [-0.15, -0.1) is 0 Å². The number of nitrogens with one attached hydrogen (secondary N) is 1. The van der Waals surface area contributed by atoms with E-state index in [0.717, 1.165) is 0 Å². The van der Waals surface area contributed by atoms with Gasteiger partial charge >= 0.3 is 0 Å². The van der Waals surface area contributed by atoms with Crippen LogP contribution in [0, 0.1) is 0 Å². The van der Waals surface area contributed by atoms with Crippen LogP contribution in [-0.2, 0) is 0 Å². The van der Waals surface area contributed by atoms with E-state index in [1.165, 1.54) is 12.3 Å². The predicted octanol–water partition coefficient (Wildman–Crippen LogP) is 0.222. The molecule has 0 aromatic carbocycles. The fourth-order valence-corrected chi connectivity index (χ4v) is 0.826. The molecule has 11 heavy (non-hydrogen) atoms. The molecule has 2 N–H and O–H groups in total. The van der Waals surface area contributed by atoms with Gasteiger partial charge in [0.25, 0.3) is 5.56 Å². The van der Waals surface area contributed by atoms with Crippen LogP contribution in [0.25, 0.3) is 11.0 Å². The molecule has 0 radical (unpaired) electrons. The fraction of sp³-hybridized carbons (Fsp3) is 0. The molecular formula is C6H4N2O3. The molecule has 56 valence electrons. The quantitative estimate of drug-likeness (QED) is 0.566. The number of hydrogen-bond acceptors (Lipinski definition) is 4. The summed E-state index contributed by atoms with van der Waals surface area (Å²) in [5.74, 6) is -0.333. The molecule has 2 heterocycles. The van der Waals surface area contributed by atoms with Crippen molar-refractivity contribution in [2.75, 3.05) is 0 Å². The summed E-state index contributed by atoms with van der Waals surface area (Å²) in [6.07, 6.45) is 1.34. The number of aromatic amines is 1. The highest BCUT2D eigenvalue weighted by molar-refractivity contribution is 5.73. The molecule has 0 atom stereocenters. The normalized spacial score (nSPS) is 10.5. The Morgan fingerprint density at radius 2 is 2.45 bits per heavy atom. The Hall–Kier alpha value is -1.78. The summed E-state index contributed by atoms with van der Waals surface area (Å²) >= 11 is 0. The van der Waals surface area contributed by atoms with Crippen LogP contribution < -0.4 is 5.56 Å². The average Bonchev–Trinajstić information content (AvgIpc) is 2.36. The first-order chi connectivity index (χ1) is 5.27. The van der Waals surface area contributed by atoms with Gasteiger partial charge in [-0.3, -0.25) is 4.79 Å². The third-order valence-electron chi connectivity index (χ3n) is 1.35. The lowest BCUT2D eigenvalue weighted by Gasteiger charge is -1.87. The molecule has 0 spiro atoms. The smallest absolute Gasteiger partial charge is 0.291 e. The zero-order valence-corrected chi connectivity index (χ0v) is 5.37. The van der Waals surface area contributed by atoms with Crippen LogP contribution >= 0.6 is 0 Å². The number of nitrogens with zero attached hydrogens (tertiary/aromatic N) is 1. The Morgan fingerprint density at radius 1 is 1.64 bits per heavy atom. The number of fused-ring (bicyclic) bond motifs is 1. The van der Waals surface area contributed by atoms with E-state index < -0.39 is 5.56 Å². The molecule has 0 fully saturated rings. The molecule has 5 heteroatoms. The molecular weight excluding hydrogens is 148 g/mol. The van der Waals surface area contributed by atoms with Crippen molar-refractivity contribution in [3.63, 3.8) is 0 Å². The van der Waals surface area contributed by atoms with Crippen molar-refractivity contribution in [2.24, 2.45) is 0 Å². The number of aromatic hydroxyl groups is 1. The summed E-state index contributed by atoms with van der Waals surface area (Å²) in [5, 5.41) is 13.0. The number of hydrogen-bond donors (Lipinski definition) is 2. The van der Waals surface area contributed by atoms with Gasteiger partial charge in [-0.25, -0.2) is 0 Å². The molecule has 0 aliphatic rings. The van der Waals surface area contributed by atoms with E-state index in [9.17, 15) is 4.79 Å². The molecule has 2 aromatic heterocycles. The van der Waals surface area contributed by atoms with Gasteiger partial charge in [0.05, 0.1) is 5.39 Å². The van der Waals surface area contributed by atoms with Crippen LogP contribution in [0.15, 0.2) is 21.6 Å². The maximum absolute atomic E-state index is 10.7. The van der Waals surface area contributed by atoms with Gasteiger partial charge < -0.3 is 14.6 Å². The molecule has 2 rings (SSSR count). The van der Waals surface area contributed by atoms with Crippen molar-refractivity contribution < 1.29 is 9.63 Å². The molecule has 5 nitrogen and oxygen atoms in total. The van der Waals surface area contributed by atoms with Gasteiger partial charge in [0.2, 0.25) is 0 Å². The lowest BCUT2D eigenvalue weighted by molar-refractivity contribution is 0.426. The van der Waals surface area contributed by atoms with Crippen molar-refractivity contribution >= 4 is 11.0 Å². The third kappa shape index (κ3) is 0.778. The van der Waals surface area contributed by atoms with E-state index in [1.54, 1.807) is 0 Å². The summed E-state index contributed by atoms with van der Waals surface area (Å²) in [4.78, 5) is 13.1. The summed E-state index contributed by atoms with van der Waals surface area (Å²) in [5.41, 5.74) is -0.223. The van der Waals surface area contributed by atoms with E-state index >= 15 is 0 Å². The zero-order chi connectivity index (χ0) is 7.84. The SMILES string of the molecule is O=c1[nH]c2nocc2cc1O. The monoisotopic (exact) mass is 152 g/mol. The van der Waals surface area contributed by atoms with E-state index in [4.69, 9.17) is 5.11 Å². The standard InChI is InChI=1S/C6H4N2O3/c9-4-1-3-2-11-8-5(3)7-6(4)10/h1-2,9H,(H,7,8,10). The second-order valence-electron chi connectivity index (χ2n) is 2.10. The second kappa shape index (κ2) is 1.85. The molecule has 0 aliphatic carbocycles. The van der Waals surface area contributed by atoms with Gasteiger partial charge in [-0.2, -0.15) is 0 Å². The highest BCUT2D eigenvalue weighted by Gasteiger charge is 2.02. The van der Waals surface area contributed by atoms with Crippen LogP contribution in [-0.4, -0.2) is 15.2 Å². The van der Waals surface area contributed by atoms with Crippen LogP contribution in [0.3, 0.4) is 0 Å². The Bertz CT molecular complexity index is 442. The average molecular weight is 152 g/mol. The minimum absolute atomic E-state index is 0.333. The topological polar surface area (TPSA) is 79.1 Å². The van der Waals surface area contributed by atoms with Gasteiger partial charge in [-0.1, -0.05) is 5.16 Å². The minimum Gasteiger partial charge on any atom is -0.503 e. The van der Waals surface area contributed by atoms with E-state index in [2.05, 4.69) is 14.7 Å². The minimum atomic E-state index is -0.564. The third-order valence-corrected chi connectivity index (χ3v) is 1.35. The fourth-order valence-electron chi connectivity index (χ4n) is 0.826. The molecule has 0 saturated carbocycles.